The van der Waals surface area contributed by atoms with Gasteiger partial charge in [-0.15, -0.1) is 11.3 Å². The number of hydrogen-bond acceptors (Lipinski definition) is 4. The third kappa shape index (κ3) is 2.35. The maximum Gasteiger partial charge on any atom is 0.142 e. The maximum absolute atomic E-state index is 5.84. The van der Waals surface area contributed by atoms with E-state index in [4.69, 9.17) is 5.73 Å². The van der Waals surface area contributed by atoms with E-state index in [9.17, 15) is 0 Å². The molecule has 2 N–H and O–H groups in total. The summed E-state index contributed by atoms with van der Waals surface area (Å²) in [6.45, 7) is 2.02. The summed E-state index contributed by atoms with van der Waals surface area (Å²) in [7, 11) is 0. The van der Waals surface area contributed by atoms with Gasteiger partial charge in [0.15, 0.2) is 0 Å². The van der Waals surface area contributed by atoms with Gasteiger partial charge in [0.05, 0.1) is 16.3 Å². The smallest absolute Gasteiger partial charge is 0.142 e. The molecular formula is C15H13N3S. The Bertz CT molecular complexity index is 704. The Morgan fingerprint density at radius 3 is 2.74 bits per heavy atom. The van der Waals surface area contributed by atoms with Gasteiger partial charge in [0.25, 0.3) is 0 Å². The standard InChI is InChI=1S/C15H13N3S/c1-10-14(11-5-4-6-12(16)9-11)19-15(18-10)13-7-2-3-8-17-13/h2-9H,16H2,1H3. The molecule has 3 nitrogen and oxygen atoms in total. The number of nitrogens with two attached hydrogens (primary N) is 1. The van der Waals surface area contributed by atoms with Gasteiger partial charge in [-0.25, -0.2) is 4.98 Å². The average Bonchev–Trinajstić information content (AvgIpc) is 2.82. The van der Waals surface area contributed by atoms with Gasteiger partial charge in [0, 0.05) is 11.9 Å². The summed E-state index contributed by atoms with van der Waals surface area (Å²) in [5, 5.41) is 0.940. The van der Waals surface area contributed by atoms with Gasteiger partial charge in [-0.05, 0) is 36.8 Å². The number of thiazole rings is 1. The van der Waals surface area contributed by atoms with Crippen LogP contribution in [0, 0.1) is 6.92 Å². The predicted octanol–water partition coefficient (Wildman–Crippen LogP) is 3.76. The Hall–Kier alpha value is -2.20. The van der Waals surface area contributed by atoms with Crippen LogP contribution in [-0.4, -0.2) is 9.97 Å². The largest absolute Gasteiger partial charge is 0.399 e. The van der Waals surface area contributed by atoms with Crippen molar-refractivity contribution in [2.24, 2.45) is 0 Å². The van der Waals surface area contributed by atoms with Gasteiger partial charge in [-0.1, -0.05) is 18.2 Å². The SMILES string of the molecule is Cc1nc(-c2ccccn2)sc1-c1cccc(N)c1. The van der Waals surface area contributed by atoms with Crippen LogP contribution in [0.1, 0.15) is 5.69 Å². The zero-order valence-corrected chi connectivity index (χ0v) is 11.3. The molecule has 0 saturated carbocycles. The number of nitrogens with zero attached hydrogens (tertiary/aromatic N) is 2. The van der Waals surface area contributed by atoms with Crippen molar-refractivity contribution in [3.63, 3.8) is 0 Å². The summed E-state index contributed by atoms with van der Waals surface area (Å²) >= 11 is 1.65. The molecule has 0 aliphatic carbocycles. The quantitative estimate of drug-likeness (QED) is 0.719. The van der Waals surface area contributed by atoms with Crippen molar-refractivity contribution in [2.45, 2.75) is 6.92 Å². The summed E-state index contributed by atoms with van der Waals surface area (Å²) in [5.41, 5.74) is 9.63. The summed E-state index contributed by atoms with van der Waals surface area (Å²) in [4.78, 5) is 10.1. The van der Waals surface area contributed by atoms with Crippen LogP contribution in [0.5, 0.6) is 0 Å². The van der Waals surface area contributed by atoms with Crippen LogP contribution in [0.3, 0.4) is 0 Å². The molecule has 0 bridgehead atoms. The molecule has 3 rings (SSSR count). The molecule has 1 aromatic carbocycles. The fourth-order valence-corrected chi connectivity index (χ4v) is 2.98. The number of hydrogen-bond donors (Lipinski definition) is 1. The van der Waals surface area contributed by atoms with Crippen molar-refractivity contribution in [3.8, 4) is 21.1 Å². The van der Waals surface area contributed by atoms with Gasteiger partial charge >= 0.3 is 0 Å². The topological polar surface area (TPSA) is 51.8 Å². The second-order valence-electron chi connectivity index (χ2n) is 4.27. The molecular weight excluding hydrogens is 254 g/mol. The highest BCUT2D eigenvalue weighted by Crippen LogP contribution is 2.34. The minimum Gasteiger partial charge on any atom is -0.399 e. The molecule has 3 aromatic rings. The van der Waals surface area contributed by atoms with E-state index in [-0.39, 0.29) is 0 Å². The lowest BCUT2D eigenvalue weighted by Gasteiger charge is -1.99. The molecule has 0 radical (unpaired) electrons. The number of pyridine rings is 1. The van der Waals surface area contributed by atoms with Crippen LogP contribution >= 0.6 is 11.3 Å². The number of aromatic nitrogens is 2. The van der Waals surface area contributed by atoms with E-state index in [1.54, 1.807) is 17.5 Å². The molecule has 0 spiro atoms. The molecule has 0 saturated heterocycles. The number of aryl methyl sites for hydroxylation is 1. The van der Waals surface area contributed by atoms with E-state index in [1.807, 2.05) is 43.3 Å². The molecule has 2 aromatic heterocycles. The predicted molar refractivity (Wildman–Crippen MR) is 79.9 cm³/mol. The van der Waals surface area contributed by atoms with Crippen molar-refractivity contribution in [1.29, 1.82) is 0 Å². The second-order valence-corrected chi connectivity index (χ2v) is 5.27. The molecule has 0 aliphatic rings. The van der Waals surface area contributed by atoms with E-state index in [0.717, 1.165) is 32.5 Å². The first kappa shape index (κ1) is 11.9. The van der Waals surface area contributed by atoms with E-state index in [2.05, 4.69) is 16.0 Å². The Morgan fingerprint density at radius 2 is 2.00 bits per heavy atom. The zero-order chi connectivity index (χ0) is 13.2. The Kier molecular flexibility index (Phi) is 3.01. The monoisotopic (exact) mass is 267 g/mol. The zero-order valence-electron chi connectivity index (χ0n) is 10.5. The summed E-state index contributed by atoms with van der Waals surface area (Å²) in [6, 6.07) is 13.7. The fraction of sp³-hybridized carbons (Fsp3) is 0.0667. The fourth-order valence-electron chi connectivity index (χ4n) is 1.94. The molecule has 0 fully saturated rings. The minimum atomic E-state index is 0.768. The molecule has 4 heteroatoms. The highest BCUT2D eigenvalue weighted by molar-refractivity contribution is 7.18. The first-order chi connectivity index (χ1) is 9.24. The number of nitrogen functional groups attached to an aromatic ring is 1. The molecule has 94 valence electrons. The lowest BCUT2D eigenvalue weighted by Crippen LogP contribution is -1.84. The van der Waals surface area contributed by atoms with Gasteiger partial charge in [-0.3, -0.25) is 4.98 Å². The van der Waals surface area contributed by atoms with Crippen LogP contribution in [-0.2, 0) is 0 Å². The van der Waals surface area contributed by atoms with Crippen molar-refractivity contribution >= 4 is 17.0 Å². The molecule has 0 atom stereocenters. The average molecular weight is 267 g/mol. The number of benzene rings is 1. The Morgan fingerprint density at radius 1 is 1.11 bits per heavy atom. The first-order valence-electron chi connectivity index (χ1n) is 5.99. The minimum absolute atomic E-state index is 0.768. The number of rotatable bonds is 2. The van der Waals surface area contributed by atoms with E-state index in [1.165, 1.54) is 0 Å². The molecule has 0 aliphatic heterocycles. The van der Waals surface area contributed by atoms with Gasteiger partial charge in [0.2, 0.25) is 0 Å². The van der Waals surface area contributed by atoms with Crippen LogP contribution in [0.15, 0.2) is 48.7 Å². The van der Waals surface area contributed by atoms with Crippen molar-refractivity contribution in [1.82, 2.24) is 9.97 Å². The maximum atomic E-state index is 5.84. The summed E-state index contributed by atoms with van der Waals surface area (Å²) in [6.07, 6.45) is 1.78. The third-order valence-corrected chi connectivity index (χ3v) is 4.06. The highest BCUT2D eigenvalue weighted by Gasteiger charge is 2.11. The van der Waals surface area contributed by atoms with Crippen LogP contribution in [0.2, 0.25) is 0 Å². The van der Waals surface area contributed by atoms with E-state index < -0.39 is 0 Å². The first-order valence-corrected chi connectivity index (χ1v) is 6.80. The summed E-state index contributed by atoms with van der Waals surface area (Å²) < 4.78 is 0. The molecule has 0 amide bonds. The van der Waals surface area contributed by atoms with Crippen molar-refractivity contribution in [3.05, 3.63) is 54.4 Å². The van der Waals surface area contributed by atoms with Crippen LogP contribution in [0.4, 0.5) is 5.69 Å². The van der Waals surface area contributed by atoms with E-state index in [0.29, 0.717) is 0 Å². The second kappa shape index (κ2) is 4.82. The lowest BCUT2D eigenvalue weighted by atomic mass is 10.1. The van der Waals surface area contributed by atoms with Crippen LogP contribution < -0.4 is 5.73 Å². The van der Waals surface area contributed by atoms with Crippen molar-refractivity contribution < 1.29 is 0 Å². The van der Waals surface area contributed by atoms with E-state index >= 15 is 0 Å². The molecule has 0 unspecified atom stereocenters. The Labute approximate surface area is 115 Å². The molecule has 19 heavy (non-hydrogen) atoms. The lowest BCUT2D eigenvalue weighted by molar-refractivity contribution is 1.23. The Balaban J connectivity index is 2.08. The summed E-state index contributed by atoms with van der Waals surface area (Å²) in [5.74, 6) is 0. The normalized spacial score (nSPS) is 10.6. The van der Waals surface area contributed by atoms with Crippen molar-refractivity contribution in [2.75, 3.05) is 5.73 Å². The third-order valence-electron chi connectivity index (χ3n) is 2.83. The van der Waals surface area contributed by atoms with Gasteiger partial charge < -0.3 is 5.73 Å². The van der Waals surface area contributed by atoms with Crippen LogP contribution in [0.25, 0.3) is 21.1 Å². The highest BCUT2D eigenvalue weighted by atomic mass is 32.1. The van der Waals surface area contributed by atoms with Gasteiger partial charge in [0.1, 0.15) is 5.01 Å². The van der Waals surface area contributed by atoms with Gasteiger partial charge in [-0.2, -0.15) is 0 Å². The molecule has 2 heterocycles. The number of anilines is 1.